The predicted octanol–water partition coefficient (Wildman–Crippen LogP) is 6.80. The zero-order valence-electron chi connectivity index (χ0n) is 18.9. The second kappa shape index (κ2) is 8.73. The third kappa shape index (κ3) is 3.68. The van der Waals surface area contributed by atoms with Crippen molar-refractivity contribution >= 4 is 55.5 Å². The number of benzene rings is 3. The minimum atomic E-state index is -0.477. The number of nitrogens with one attached hydrogen (secondary N) is 1. The maximum atomic E-state index is 12.5. The van der Waals surface area contributed by atoms with E-state index in [0.29, 0.717) is 44.4 Å². The van der Waals surface area contributed by atoms with Gasteiger partial charge >= 0.3 is 5.63 Å². The lowest BCUT2D eigenvalue weighted by molar-refractivity contribution is 0.417. The van der Waals surface area contributed by atoms with E-state index >= 15 is 0 Å². The average molecular weight is 492 g/mol. The average Bonchev–Trinajstić information content (AvgIpc) is 3.53. The number of hydrogen-bond donors (Lipinski definition) is 1. The number of methoxy groups -OCH3 is 1. The number of nitriles is 1. The molecule has 0 aliphatic heterocycles. The van der Waals surface area contributed by atoms with E-state index in [9.17, 15) is 10.1 Å². The highest BCUT2D eigenvalue weighted by atomic mass is 32.1. The summed E-state index contributed by atoms with van der Waals surface area (Å²) in [6.07, 6.45) is 1.57. The van der Waals surface area contributed by atoms with Crippen molar-refractivity contribution < 1.29 is 13.6 Å². The molecule has 3 aromatic heterocycles. The smallest absolute Gasteiger partial charge is 0.345 e. The summed E-state index contributed by atoms with van der Waals surface area (Å²) < 4.78 is 17.0. The molecule has 7 nitrogen and oxygen atoms in total. The van der Waals surface area contributed by atoms with Crippen LogP contribution in [0.25, 0.3) is 49.7 Å². The second-order valence-corrected chi connectivity index (χ2v) is 8.84. The number of hydrogen-bond acceptors (Lipinski definition) is 8. The van der Waals surface area contributed by atoms with Crippen LogP contribution in [0.2, 0.25) is 0 Å². The standard InChI is InChI=1S/C28H17N3O4S/c1-33-26-11-19-18-7-3-5-9-24(18)34-25(19)12-21(26)30-14-17(13-29)27-31-22(15-36-27)20-10-16-6-2-4-8-23(16)35-28(20)32/h2-12,14-15,30H,1H3/b17-14+. The number of nitrogens with zero attached hydrogens (tertiary/aromatic N) is 2. The molecule has 0 aliphatic rings. The van der Waals surface area contributed by atoms with Gasteiger partial charge < -0.3 is 18.9 Å². The summed E-state index contributed by atoms with van der Waals surface area (Å²) in [5.74, 6) is 0.608. The number of fused-ring (bicyclic) bond motifs is 4. The van der Waals surface area contributed by atoms with Gasteiger partial charge in [-0.15, -0.1) is 11.3 Å². The zero-order valence-corrected chi connectivity index (χ0v) is 19.8. The van der Waals surface area contributed by atoms with Crippen LogP contribution in [-0.2, 0) is 0 Å². The molecule has 0 aliphatic carbocycles. The van der Waals surface area contributed by atoms with Crippen molar-refractivity contribution in [3.8, 4) is 23.1 Å². The highest BCUT2D eigenvalue weighted by Gasteiger charge is 2.15. The molecular weight excluding hydrogens is 474 g/mol. The molecule has 0 radical (unpaired) electrons. The molecule has 6 aromatic rings. The molecule has 0 saturated heterocycles. The fourth-order valence-corrected chi connectivity index (χ4v) is 4.87. The zero-order chi connectivity index (χ0) is 24.6. The van der Waals surface area contributed by atoms with E-state index in [1.807, 2.05) is 54.6 Å². The Hall–Kier alpha value is -4.87. The minimum Gasteiger partial charge on any atom is -0.495 e. The van der Waals surface area contributed by atoms with Gasteiger partial charge in [0.2, 0.25) is 0 Å². The molecule has 0 atom stereocenters. The third-order valence-electron chi connectivity index (χ3n) is 5.84. The maximum absolute atomic E-state index is 12.5. The first-order valence-corrected chi connectivity index (χ1v) is 11.9. The van der Waals surface area contributed by atoms with Gasteiger partial charge in [0.1, 0.15) is 39.1 Å². The van der Waals surface area contributed by atoms with Gasteiger partial charge in [-0.3, -0.25) is 0 Å². The van der Waals surface area contributed by atoms with E-state index in [4.69, 9.17) is 13.6 Å². The van der Waals surface area contributed by atoms with Crippen molar-refractivity contribution in [1.82, 2.24) is 4.98 Å². The Morgan fingerprint density at radius 2 is 1.83 bits per heavy atom. The molecule has 1 N–H and O–H groups in total. The predicted molar refractivity (Wildman–Crippen MR) is 141 cm³/mol. The van der Waals surface area contributed by atoms with Crippen molar-refractivity contribution in [2.24, 2.45) is 0 Å². The van der Waals surface area contributed by atoms with E-state index in [1.54, 1.807) is 30.8 Å². The number of anilines is 1. The highest BCUT2D eigenvalue weighted by molar-refractivity contribution is 7.11. The van der Waals surface area contributed by atoms with Crippen LogP contribution in [-0.4, -0.2) is 12.1 Å². The van der Waals surface area contributed by atoms with Gasteiger partial charge in [0.05, 0.1) is 24.1 Å². The summed E-state index contributed by atoms with van der Waals surface area (Å²) in [6, 6.07) is 22.8. The Bertz CT molecular complexity index is 1910. The molecule has 0 saturated carbocycles. The van der Waals surface area contributed by atoms with E-state index in [-0.39, 0.29) is 0 Å². The van der Waals surface area contributed by atoms with Crippen LogP contribution in [0.4, 0.5) is 5.69 Å². The first-order valence-electron chi connectivity index (χ1n) is 11.0. The first-order chi connectivity index (χ1) is 17.6. The Labute approximate surface area is 208 Å². The van der Waals surface area contributed by atoms with Crippen molar-refractivity contribution in [1.29, 1.82) is 5.26 Å². The Kier molecular flexibility index (Phi) is 5.25. The Balaban J connectivity index is 1.34. The Morgan fingerprint density at radius 1 is 1.03 bits per heavy atom. The van der Waals surface area contributed by atoms with E-state index in [0.717, 1.165) is 21.7 Å². The van der Waals surface area contributed by atoms with Crippen molar-refractivity contribution in [2.75, 3.05) is 12.4 Å². The van der Waals surface area contributed by atoms with E-state index in [2.05, 4.69) is 16.4 Å². The monoisotopic (exact) mass is 491 g/mol. The number of rotatable bonds is 5. The number of aromatic nitrogens is 1. The van der Waals surface area contributed by atoms with Crippen molar-refractivity contribution in [3.63, 3.8) is 0 Å². The number of ether oxygens (including phenoxy) is 1. The largest absolute Gasteiger partial charge is 0.495 e. The molecule has 3 heterocycles. The minimum absolute atomic E-state index is 0.309. The highest BCUT2D eigenvalue weighted by Crippen LogP contribution is 2.36. The second-order valence-electron chi connectivity index (χ2n) is 7.98. The van der Waals surface area contributed by atoms with Gasteiger partial charge in [0.25, 0.3) is 0 Å². The molecule has 3 aromatic carbocycles. The van der Waals surface area contributed by atoms with Gasteiger partial charge in [-0.25, -0.2) is 9.78 Å². The van der Waals surface area contributed by atoms with Crippen LogP contribution < -0.4 is 15.7 Å². The van der Waals surface area contributed by atoms with E-state index < -0.39 is 5.63 Å². The molecular formula is C28H17N3O4S. The summed E-state index contributed by atoms with van der Waals surface area (Å²) in [5, 5.41) is 17.9. The van der Waals surface area contributed by atoms with Crippen LogP contribution in [0.15, 0.2) is 91.9 Å². The SMILES string of the molecule is COc1cc2c(cc1N/C=C(\C#N)c1nc(-c3cc4ccccc4oc3=O)cs1)oc1ccccc12. The topological polar surface area (TPSA) is 101 Å². The number of furan rings is 1. The summed E-state index contributed by atoms with van der Waals surface area (Å²) >= 11 is 1.27. The van der Waals surface area contributed by atoms with Crippen molar-refractivity contribution in [3.05, 3.63) is 93.7 Å². The molecule has 0 fully saturated rings. The maximum Gasteiger partial charge on any atom is 0.345 e. The third-order valence-corrected chi connectivity index (χ3v) is 6.72. The van der Waals surface area contributed by atoms with Crippen LogP contribution in [0, 0.1) is 11.3 Å². The fourth-order valence-electron chi connectivity index (χ4n) is 4.09. The molecule has 0 bridgehead atoms. The lowest BCUT2D eigenvalue weighted by Gasteiger charge is -2.08. The number of allylic oxidation sites excluding steroid dienone is 1. The summed E-state index contributed by atoms with van der Waals surface area (Å²) in [6.45, 7) is 0. The van der Waals surface area contributed by atoms with Gasteiger partial charge in [-0.1, -0.05) is 36.4 Å². The van der Waals surface area contributed by atoms with Gasteiger partial charge in [0, 0.05) is 33.8 Å². The fraction of sp³-hybridized carbons (Fsp3) is 0.0357. The number of thiazole rings is 1. The van der Waals surface area contributed by atoms with Crippen LogP contribution in [0.3, 0.4) is 0 Å². The molecule has 174 valence electrons. The quantitative estimate of drug-likeness (QED) is 0.209. The van der Waals surface area contributed by atoms with Gasteiger partial charge in [0.15, 0.2) is 0 Å². The van der Waals surface area contributed by atoms with E-state index in [1.165, 1.54) is 11.3 Å². The first kappa shape index (κ1) is 21.6. The molecule has 36 heavy (non-hydrogen) atoms. The van der Waals surface area contributed by atoms with Gasteiger partial charge in [-0.05, 0) is 24.3 Å². The normalized spacial score (nSPS) is 11.7. The molecule has 6 rings (SSSR count). The van der Waals surface area contributed by atoms with Crippen LogP contribution in [0.5, 0.6) is 5.75 Å². The van der Waals surface area contributed by atoms with Crippen LogP contribution in [0.1, 0.15) is 5.01 Å². The van der Waals surface area contributed by atoms with Crippen LogP contribution >= 0.6 is 11.3 Å². The molecule has 8 heteroatoms. The number of para-hydroxylation sites is 2. The van der Waals surface area contributed by atoms with Gasteiger partial charge in [-0.2, -0.15) is 5.26 Å². The summed E-state index contributed by atoms with van der Waals surface area (Å²) in [5.41, 5.74) is 3.27. The summed E-state index contributed by atoms with van der Waals surface area (Å²) in [4.78, 5) is 17.0. The summed E-state index contributed by atoms with van der Waals surface area (Å²) in [7, 11) is 1.59. The molecule has 0 unspecified atom stereocenters. The Morgan fingerprint density at radius 3 is 2.67 bits per heavy atom. The van der Waals surface area contributed by atoms with Crippen molar-refractivity contribution in [2.45, 2.75) is 0 Å². The lowest BCUT2D eigenvalue weighted by atomic mass is 10.1. The molecule has 0 amide bonds. The molecule has 0 spiro atoms. The lowest BCUT2D eigenvalue weighted by Crippen LogP contribution is -2.02.